The lowest BCUT2D eigenvalue weighted by Crippen LogP contribution is -1.86. The Labute approximate surface area is 72.7 Å². The minimum atomic E-state index is 1.00. The molecule has 58 valence electrons. The molecule has 0 aliphatic rings. The number of hydrogen-bond donors (Lipinski definition) is 2. The molecule has 11 heavy (non-hydrogen) atoms. The van der Waals surface area contributed by atoms with E-state index in [-0.39, 0.29) is 0 Å². The molecule has 0 atom stereocenters. The molecule has 1 aromatic carbocycles. The second-order valence-corrected chi connectivity index (χ2v) is 2.66. The summed E-state index contributed by atoms with van der Waals surface area (Å²) in [6.07, 6.45) is 0. The summed E-state index contributed by atoms with van der Waals surface area (Å²) in [6, 6.07) is 7.93. The highest BCUT2D eigenvalue weighted by molar-refractivity contribution is 7.81. The van der Waals surface area contributed by atoms with Gasteiger partial charge in [0, 0.05) is 5.56 Å². The van der Waals surface area contributed by atoms with Crippen molar-refractivity contribution in [3.63, 3.8) is 0 Å². The monoisotopic (exact) mass is 165 g/mol. The maximum Gasteiger partial charge on any atom is 0.0513 e. The molecule has 0 heterocycles. The molecule has 0 aliphatic heterocycles. The van der Waals surface area contributed by atoms with Crippen molar-refractivity contribution in [1.82, 2.24) is 0 Å². The van der Waals surface area contributed by atoms with E-state index in [0.717, 1.165) is 16.8 Å². The van der Waals surface area contributed by atoms with Gasteiger partial charge in [-0.1, -0.05) is 37.6 Å². The van der Waals surface area contributed by atoms with E-state index in [1.54, 1.807) is 0 Å². The second-order valence-electron chi connectivity index (χ2n) is 2.44. The molecule has 0 saturated heterocycles. The number of hydrogen-bond acceptors (Lipinski definition) is 2. The minimum Gasteiger partial charge on any atom is -0.332 e. The molecule has 0 radical (unpaired) electrons. The minimum absolute atomic E-state index is 1.00. The van der Waals surface area contributed by atoms with Gasteiger partial charge in [0.1, 0.15) is 0 Å². The molecule has 1 aromatic rings. The van der Waals surface area contributed by atoms with Crippen LogP contribution in [0.25, 0.3) is 5.57 Å². The van der Waals surface area contributed by atoms with Crippen molar-refractivity contribution in [1.29, 1.82) is 0 Å². The first kappa shape index (κ1) is 8.21. The van der Waals surface area contributed by atoms with Crippen LogP contribution in [0.3, 0.4) is 0 Å². The van der Waals surface area contributed by atoms with Crippen LogP contribution in [-0.4, -0.2) is 0 Å². The molecule has 0 spiro atoms. The molecule has 1 N–H and O–H groups in total. The Kier molecular flexibility index (Phi) is 2.60. The Bertz CT molecular complexity index is 268. The number of nitrogens with one attached hydrogen (secondary N) is 1. The average Bonchev–Trinajstić information content (AvgIpc) is 2.04. The van der Waals surface area contributed by atoms with Crippen molar-refractivity contribution >= 4 is 24.1 Å². The summed E-state index contributed by atoms with van der Waals surface area (Å²) in [5, 5.41) is 0. The predicted octanol–water partition coefficient (Wildman–Crippen LogP) is 2.98. The van der Waals surface area contributed by atoms with Gasteiger partial charge in [0.05, 0.1) is 5.69 Å². The maximum absolute atomic E-state index is 3.98. The summed E-state index contributed by atoms with van der Waals surface area (Å²) in [7, 11) is 0. The van der Waals surface area contributed by atoms with Gasteiger partial charge in [-0.05, 0) is 18.6 Å². The summed E-state index contributed by atoms with van der Waals surface area (Å²) in [5.74, 6) is 0. The summed E-state index contributed by atoms with van der Waals surface area (Å²) >= 11 is 3.98. The topological polar surface area (TPSA) is 12.0 Å². The fourth-order valence-electron chi connectivity index (χ4n) is 0.953. The third-order valence-corrected chi connectivity index (χ3v) is 1.75. The highest BCUT2D eigenvalue weighted by Gasteiger charge is 1.98. The zero-order valence-corrected chi connectivity index (χ0v) is 7.36. The molecule has 1 nitrogen and oxygen atoms in total. The van der Waals surface area contributed by atoms with E-state index in [4.69, 9.17) is 0 Å². The van der Waals surface area contributed by atoms with Gasteiger partial charge in [-0.15, -0.1) is 0 Å². The van der Waals surface area contributed by atoms with Crippen LogP contribution in [0.5, 0.6) is 0 Å². The summed E-state index contributed by atoms with van der Waals surface area (Å²) in [4.78, 5) is 0. The summed E-state index contributed by atoms with van der Waals surface area (Å²) < 4.78 is 2.81. The highest BCUT2D eigenvalue weighted by Crippen LogP contribution is 2.21. The van der Waals surface area contributed by atoms with E-state index < -0.39 is 0 Å². The third kappa shape index (κ3) is 1.77. The van der Waals surface area contributed by atoms with Crippen molar-refractivity contribution < 1.29 is 0 Å². The SMILES string of the molecule is C=C(C)c1ccccc1NS. The maximum atomic E-state index is 3.98. The van der Waals surface area contributed by atoms with Gasteiger partial charge in [-0.3, -0.25) is 0 Å². The Morgan fingerprint density at radius 1 is 1.45 bits per heavy atom. The van der Waals surface area contributed by atoms with Crippen LogP contribution >= 0.6 is 12.8 Å². The van der Waals surface area contributed by atoms with Crippen molar-refractivity contribution in [2.75, 3.05) is 4.72 Å². The number of benzene rings is 1. The number of allylic oxidation sites excluding steroid dienone is 1. The van der Waals surface area contributed by atoms with Gasteiger partial charge in [0.2, 0.25) is 0 Å². The predicted molar refractivity (Wildman–Crippen MR) is 53.8 cm³/mol. The molecule has 0 unspecified atom stereocenters. The Morgan fingerprint density at radius 3 is 2.55 bits per heavy atom. The number of anilines is 1. The van der Waals surface area contributed by atoms with Crippen LogP contribution in [0.1, 0.15) is 12.5 Å². The number of para-hydroxylation sites is 1. The highest BCUT2D eigenvalue weighted by atomic mass is 32.1. The Morgan fingerprint density at radius 2 is 2.09 bits per heavy atom. The summed E-state index contributed by atoms with van der Waals surface area (Å²) in [6.45, 7) is 5.84. The second kappa shape index (κ2) is 3.49. The smallest absolute Gasteiger partial charge is 0.0513 e. The molecular weight excluding hydrogens is 154 g/mol. The number of rotatable bonds is 2. The third-order valence-electron chi connectivity index (χ3n) is 1.51. The first-order chi connectivity index (χ1) is 5.25. The van der Waals surface area contributed by atoms with Crippen LogP contribution in [0.15, 0.2) is 30.8 Å². The largest absolute Gasteiger partial charge is 0.332 e. The lowest BCUT2D eigenvalue weighted by Gasteiger charge is -2.06. The molecule has 0 bridgehead atoms. The first-order valence-electron chi connectivity index (χ1n) is 3.40. The number of thiol groups is 1. The molecule has 2 heteroatoms. The van der Waals surface area contributed by atoms with E-state index >= 15 is 0 Å². The fourth-order valence-corrected chi connectivity index (χ4v) is 1.15. The van der Waals surface area contributed by atoms with Gasteiger partial charge in [0.15, 0.2) is 0 Å². The van der Waals surface area contributed by atoms with E-state index in [9.17, 15) is 0 Å². The summed E-state index contributed by atoms with van der Waals surface area (Å²) in [5.41, 5.74) is 3.16. The molecule has 0 fully saturated rings. The zero-order valence-electron chi connectivity index (χ0n) is 6.46. The average molecular weight is 165 g/mol. The normalized spacial score (nSPS) is 9.27. The Hall–Kier alpha value is -0.890. The van der Waals surface area contributed by atoms with Gasteiger partial charge in [-0.2, -0.15) is 0 Å². The van der Waals surface area contributed by atoms with Crippen LogP contribution in [0, 0.1) is 0 Å². The van der Waals surface area contributed by atoms with Gasteiger partial charge >= 0.3 is 0 Å². The lowest BCUT2D eigenvalue weighted by molar-refractivity contribution is 1.57. The van der Waals surface area contributed by atoms with E-state index in [1.807, 2.05) is 31.2 Å². The zero-order chi connectivity index (χ0) is 8.27. The first-order valence-corrected chi connectivity index (χ1v) is 3.85. The van der Waals surface area contributed by atoms with Crippen molar-refractivity contribution in [2.24, 2.45) is 0 Å². The van der Waals surface area contributed by atoms with E-state index in [0.29, 0.717) is 0 Å². The lowest BCUT2D eigenvalue weighted by atomic mass is 10.1. The fraction of sp³-hybridized carbons (Fsp3) is 0.111. The quantitative estimate of drug-likeness (QED) is 0.642. The molecular formula is C9H11NS. The Balaban J connectivity index is 3.12. The van der Waals surface area contributed by atoms with Gasteiger partial charge in [0.25, 0.3) is 0 Å². The van der Waals surface area contributed by atoms with Crippen molar-refractivity contribution in [3.8, 4) is 0 Å². The van der Waals surface area contributed by atoms with E-state index in [2.05, 4.69) is 24.1 Å². The van der Waals surface area contributed by atoms with Crippen molar-refractivity contribution in [3.05, 3.63) is 36.4 Å². The van der Waals surface area contributed by atoms with Gasteiger partial charge < -0.3 is 4.72 Å². The van der Waals surface area contributed by atoms with E-state index in [1.165, 1.54) is 0 Å². The van der Waals surface area contributed by atoms with Gasteiger partial charge in [-0.25, -0.2) is 0 Å². The molecule has 0 saturated carbocycles. The molecule has 0 amide bonds. The van der Waals surface area contributed by atoms with Crippen LogP contribution in [-0.2, 0) is 0 Å². The van der Waals surface area contributed by atoms with Crippen molar-refractivity contribution in [2.45, 2.75) is 6.92 Å². The van der Waals surface area contributed by atoms with Crippen LogP contribution in [0.2, 0.25) is 0 Å². The molecule has 1 rings (SSSR count). The van der Waals surface area contributed by atoms with Crippen LogP contribution in [0.4, 0.5) is 5.69 Å². The molecule has 0 aromatic heterocycles. The van der Waals surface area contributed by atoms with Crippen LogP contribution < -0.4 is 4.72 Å². The standard InChI is InChI=1S/C9H11NS/c1-7(2)8-5-3-4-6-9(8)10-11/h3-6,10-11H,1H2,2H3. The molecule has 0 aliphatic carbocycles.